The van der Waals surface area contributed by atoms with Crippen molar-refractivity contribution in [3.05, 3.63) is 47.2 Å². The quantitative estimate of drug-likeness (QED) is 0.808. The van der Waals surface area contributed by atoms with Gasteiger partial charge in [0.15, 0.2) is 5.82 Å². The number of aryl methyl sites for hydroxylation is 2. The van der Waals surface area contributed by atoms with Crippen molar-refractivity contribution in [2.75, 3.05) is 12.8 Å². The van der Waals surface area contributed by atoms with E-state index in [0.717, 1.165) is 33.4 Å². The minimum absolute atomic E-state index is 0.625. The SMILES string of the molecule is CSC1=Nc2c(c(C)nn2C)C(c2ccccc2)=NC1. The molecule has 1 aliphatic heterocycles. The van der Waals surface area contributed by atoms with Crippen LogP contribution in [-0.4, -0.2) is 33.3 Å². The number of rotatable bonds is 1. The van der Waals surface area contributed by atoms with Crippen LogP contribution in [0.25, 0.3) is 0 Å². The summed E-state index contributed by atoms with van der Waals surface area (Å²) in [6.07, 6.45) is 2.03. The predicted octanol–water partition coefficient (Wildman–Crippen LogP) is 2.97. The van der Waals surface area contributed by atoms with Crippen molar-refractivity contribution in [2.45, 2.75) is 6.92 Å². The second-order valence-corrected chi connectivity index (χ2v) is 5.53. The van der Waals surface area contributed by atoms with E-state index in [4.69, 9.17) is 9.98 Å². The van der Waals surface area contributed by atoms with E-state index >= 15 is 0 Å². The number of thioether (sulfide) groups is 1. The first-order chi connectivity index (χ1) is 9.70. The molecule has 0 spiro atoms. The molecule has 5 heteroatoms. The molecule has 0 saturated heterocycles. The van der Waals surface area contributed by atoms with Crippen LogP contribution in [0.2, 0.25) is 0 Å². The van der Waals surface area contributed by atoms with Gasteiger partial charge in [-0.3, -0.25) is 9.67 Å². The minimum atomic E-state index is 0.625. The highest BCUT2D eigenvalue weighted by molar-refractivity contribution is 8.13. The Bertz CT molecular complexity index is 698. The lowest BCUT2D eigenvalue weighted by Crippen LogP contribution is -2.05. The molecule has 3 rings (SSSR count). The second kappa shape index (κ2) is 5.25. The number of fused-ring (bicyclic) bond motifs is 1. The van der Waals surface area contributed by atoms with Gasteiger partial charge in [-0.05, 0) is 13.2 Å². The lowest BCUT2D eigenvalue weighted by atomic mass is 10.0. The van der Waals surface area contributed by atoms with Crippen LogP contribution in [0.4, 0.5) is 5.82 Å². The molecule has 1 aromatic carbocycles. The molecular weight excluding hydrogens is 268 g/mol. The molecule has 0 saturated carbocycles. The van der Waals surface area contributed by atoms with Crippen LogP contribution in [0, 0.1) is 6.92 Å². The standard InChI is InChI=1S/C15H16N4S/c1-10-13-14(11-7-5-4-6-8-11)16-9-12(20-3)17-15(13)19(2)18-10/h4-8H,9H2,1-3H3. The number of benzene rings is 1. The Kier molecular flexibility index (Phi) is 3.44. The largest absolute Gasteiger partial charge is 0.277 e. The molecule has 102 valence electrons. The van der Waals surface area contributed by atoms with Crippen LogP contribution < -0.4 is 0 Å². The lowest BCUT2D eigenvalue weighted by molar-refractivity contribution is 0.759. The van der Waals surface area contributed by atoms with Crippen LogP contribution >= 0.6 is 11.8 Å². The van der Waals surface area contributed by atoms with Crippen LogP contribution in [0.3, 0.4) is 0 Å². The number of hydrogen-bond acceptors (Lipinski definition) is 4. The van der Waals surface area contributed by atoms with E-state index in [0.29, 0.717) is 6.54 Å². The average molecular weight is 284 g/mol. The summed E-state index contributed by atoms with van der Waals surface area (Å²) in [4.78, 5) is 9.49. The Hall–Kier alpha value is -1.88. The van der Waals surface area contributed by atoms with E-state index in [-0.39, 0.29) is 0 Å². The molecule has 0 radical (unpaired) electrons. The average Bonchev–Trinajstić information content (AvgIpc) is 2.66. The van der Waals surface area contributed by atoms with E-state index in [1.165, 1.54) is 0 Å². The third kappa shape index (κ3) is 2.18. The first-order valence-corrected chi connectivity index (χ1v) is 7.68. The monoisotopic (exact) mass is 284 g/mol. The van der Waals surface area contributed by atoms with Gasteiger partial charge in [0.1, 0.15) is 0 Å². The Morgan fingerprint density at radius 2 is 1.95 bits per heavy atom. The van der Waals surface area contributed by atoms with Gasteiger partial charge in [0.05, 0.1) is 28.6 Å². The van der Waals surface area contributed by atoms with Crippen molar-refractivity contribution < 1.29 is 0 Å². The maximum atomic E-state index is 4.77. The van der Waals surface area contributed by atoms with Gasteiger partial charge in [-0.2, -0.15) is 5.10 Å². The molecule has 20 heavy (non-hydrogen) atoms. The molecule has 0 fully saturated rings. The maximum Gasteiger partial charge on any atom is 0.160 e. The van der Waals surface area contributed by atoms with Crippen LogP contribution in [-0.2, 0) is 7.05 Å². The molecule has 4 nitrogen and oxygen atoms in total. The zero-order chi connectivity index (χ0) is 14.1. The summed E-state index contributed by atoms with van der Waals surface area (Å²) in [5.41, 5.74) is 4.11. The fourth-order valence-corrected chi connectivity index (χ4v) is 2.74. The number of hydrogen-bond donors (Lipinski definition) is 0. The van der Waals surface area contributed by atoms with Crippen molar-refractivity contribution in [3.8, 4) is 0 Å². The maximum absolute atomic E-state index is 4.77. The van der Waals surface area contributed by atoms with E-state index in [1.807, 2.05) is 43.1 Å². The molecule has 1 aliphatic rings. The van der Waals surface area contributed by atoms with Gasteiger partial charge in [-0.25, -0.2) is 4.99 Å². The Morgan fingerprint density at radius 1 is 1.20 bits per heavy atom. The second-order valence-electron chi connectivity index (χ2n) is 4.65. The van der Waals surface area contributed by atoms with Gasteiger partial charge < -0.3 is 0 Å². The lowest BCUT2D eigenvalue weighted by Gasteiger charge is -2.05. The van der Waals surface area contributed by atoms with Crippen LogP contribution in [0.5, 0.6) is 0 Å². The molecule has 0 unspecified atom stereocenters. The Labute approximate surface area is 122 Å². The fraction of sp³-hybridized carbons (Fsp3) is 0.267. The predicted molar refractivity (Wildman–Crippen MR) is 85.5 cm³/mol. The highest BCUT2D eigenvalue weighted by atomic mass is 32.2. The zero-order valence-corrected chi connectivity index (χ0v) is 12.6. The molecular formula is C15H16N4S. The molecule has 0 atom stereocenters. The normalized spacial score (nSPS) is 14.3. The molecule has 1 aromatic heterocycles. The highest BCUT2D eigenvalue weighted by Gasteiger charge is 2.22. The highest BCUT2D eigenvalue weighted by Crippen LogP contribution is 2.28. The summed E-state index contributed by atoms with van der Waals surface area (Å²) >= 11 is 1.64. The summed E-state index contributed by atoms with van der Waals surface area (Å²) in [5.74, 6) is 0.895. The van der Waals surface area contributed by atoms with E-state index < -0.39 is 0 Å². The number of aliphatic imine (C=N–C) groups is 2. The van der Waals surface area contributed by atoms with Gasteiger partial charge in [0.2, 0.25) is 0 Å². The van der Waals surface area contributed by atoms with Crippen LogP contribution in [0.15, 0.2) is 40.3 Å². The van der Waals surface area contributed by atoms with Crippen molar-refractivity contribution in [1.82, 2.24) is 9.78 Å². The van der Waals surface area contributed by atoms with Gasteiger partial charge in [0.25, 0.3) is 0 Å². The first kappa shape index (κ1) is 13.1. The smallest absolute Gasteiger partial charge is 0.160 e. The molecule has 0 bridgehead atoms. The first-order valence-electron chi connectivity index (χ1n) is 6.46. The topological polar surface area (TPSA) is 42.5 Å². The van der Waals surface area contributed by atoms with Gasteiger partial charge in [0, 0.05) is 12.6 Å². The Balaban J connectivity index is 2.23. The molecule has 2 heterocycles. The molecule has 0 N–H and O–H groups in total. The zero-order valence-electron chi connectivity index (χ0n) is 11.8. The van der Waals surface area contributed by atoms with Crippen molar-refractivity contribution in [2.24, 2.45) is 17.0 Å². The van der Waals surface area contributed by atoms with Crippen LogP contribution in [0.1, 0.15) is 16.8 Å². The van der Waals surface area contributed by atoms with Crippen molar-refractivity contribution >= 4 is 28.3 Å². The minimum Gasteiger partial charge on any atom is -0.277 e. The fourth-order valence-electron chi connectivity index (χ4n) is 2.37. The third-order valence-corrected chi connectivity index (χ3v) is 4.01. The van der Waals surface area contributed by atoms with E-state index in [1.54, 1.807) is 11.8 Å². The van der Waals surface area contributed by atoms with Crippen molar-refractivity contribution in [1.29, 1.82) is 0 Å². The summed E-state index contributed by atoms with van der Waals surface area (Å²) in [6.45, 7) is 2.64. The van der Waals surface area contributed by atoms with E-state index in [9.17, 15) is 0 Å². The molecule has 0 amide bonds. The summed E-state index contributed by atoms with van der Waals surface area (Å²) < 4.78 is 1.84. The summed E-state index contributed by atoms with van der Waals surface area (Å²) in [5, 5.41) is 5.51. The number of nitrogens with zero attached hydrogens (tertiary/aromatic N) is 4. The molecule has 2 aromatic rings. The Morgan fingerprint density at radius 3 is 2.65 bits per heavy atom. The van der Waals surface area contributed by atoms with Crippen molar-refractivity contribution in [3.63, 3.8) is 0 Å². The van der Waals surface area contributed by atoms with Gasteiger partial charge in [-0.1, -0.05) is 30.3 Å². The molecule has 0 aliphatic carbocycles. The summed E-state index contributed by atoms with van der Waals surface area (Å²) in [6, 6.07) is 10.2. The number of aromatic nitrogens is 2. The summed E-state index contributed by atoms with van der Waals surface area (Å²) in [7, 11) is 1.93. The van der Waals surface area contributed by atoms with Gasteiger partial charge in [-0.15, -0.1) is 11.8 Å². The third-order valence-electron chi connectivity index (χ3n) is 3.31. The van der Waals surface area contributed by atoms with E-state index in [2.05, 4.69) is 17.2 Å². The van der Waals surface area contributed by atoms with Gasteiger partial charge >= 0.3 is 0 Å².